The van der Waals surface area contributed by atoms with E-state index < -0.39 is 21.4 Å². The van der Waals surface area contributed by atoms with E-state index in [1.807, 2.05) is 0 Å². The van der Waals surface area contributed by atoms with Crippen LogP contribution < -0.4 is 0 Å². The lowest BCUT2D eigenvalue weighted by Crippen LogP contribution is -2.28. The van der Waals surface area contributed by atoms with Gasteiger partial charge in [-0.3, -0.25) is 0 Å². The van der Waals surface area contributed by atoms with Crippen molar-refractivity contribution < 1.29 is 18.3 Å². The zero-order chi connectivity index (χ0) is 9.69. The van der Waals surface area contributed by atoms with Gasteiger partial charge >= 0.3 is 0 Å². The molecule has 0 aromatic heterocycles. The highest BCUT2D eigenvalue weighted by Gasteiger charge is 2.56. The maximum atomic E-state index is 11.2. The van der Waals surface area contributed by atoms with Crippen LogP contribution in [0.5, 0.6) is 0 Å². The molecule has 0 spiro atoms. The Labute approximate surface area is 76.9 Å². The molecule has 1 N–H and O–H groups in total. The Bertz CT molecular complexity index is 328. The third-order valence-corrected chi connectivity index (χ3v) is 4.84. The average Bonchev–Trinajstić information content (AvgIpc) is 2.75. The van der Waals surface area contributed by atoms with Crippen LogP contribution in [0.2, 0.25) is 0 Å². The highest BCUT2D eigenvalue weighted by atomic mass is 32.2. The standard InChI is InChI=1S/C8H12O4S/c9-5-8(1-2-8)6-3-13(11,12)4-7(6)10/h5-7,10H,1-4H2. The van der Waals surface area contributed by atoms with E-state index >= 15 is 0 Å². The van der Waals surface area contributed by atoms with Crippen molar-refractivity contribution >= 4 is 16.1 Å². The summed E-state index contributed by atoms with van der Waals surface area (Å²) in [5.41, 5.74) is -0.511. The smallest absolute Gasteiger partial charge is 0.153 e. The van der Waals surface area contributed by atoms with Crippen LogP contribution in [0.4, 0.5) is 0 Å². The second-order valence-electron chi connectivity index (χ2n) is 4.10. The van der Waals surface area contributed by atoms with Gasteiger partial charge in [0.2, 0.25) is 0 Å². The molecule has 2 aliphatic rings. The number of aliphatic hydroxyl groups excluding tert-OH is 1. The number of aldehydes is 1. The lowest BCUT2D eigenvalue weighted by atomic mass is 9.88. The van der Waals surface area contributed by atoms with Gasteiger partial charge in [-0.25, -0.2) is 8.42 Å². The minimum absolute atomic E-state index is 0.0209. The molecule has 5 heteroatoms. The van der Waals surface area contributed by atoms with Crippen LogP contribution in [-0.2, 0) is 14.6 Å². The van der Waals surface area contributed by atoms with Crippen molar-refractivity contribution in [3.63, 3.8) is 0 Å². The Balaban J connectivity index is 2.23. The molecule has 2 fully saturated rings. The fourth-order valence-corrected chi connectivity index (χ4v) is 4.09. The molecule has 0 aromatic carbocycles. The molecule has 13 heavy (non-hydrogen) atoms. The maximum Gasteiger partial charge on any atom is 0.153 e. The Kier molecular flexibility index (Phi) is 1.79. The Morgan fingerprint density at radius 2 is 1.92 bits per heavy atom. The number of rotatable bonds is 2. The number of carbonyl (C=O) groups excluding carboxylic acids is 1. The highest BCUT2D eigenvalue weighted by Crippen LogP contribution is 2.53. The summed E-state index contributed by atoms with van der Waals surface area (Å²) in [6, 6.07) is 0. The molecule has 0 radical (unpaired) electrons. The summed E-state index contributed by atoms with van der Waals surface area (Å²) >= 11 is 0. The number of aliphatic hydroxyl groups is 1. The van der Waals surface area contributed by atoms with Gasteiger partial charge < -0.3 is 9.90 Å². The van der Waals surface area contributed by atoms with Crippen LogP contribution in [0.15, 0.2) is 0 Å². The summed E-state index contributed by atoms with van der Waals surface area (Å²) in [6.45, 7) is 0. The van der Waals surface area contributed by atoms with E-state index in [2.05, 4.69) is 0 Å². The van der Waals surface area contributed by atoms with Crippen LogP contribution >= 0.6 is 0 Å². The Morgan fingerprint density at radius 3 is 2.23 bits per heavy atom. The van der Waals surface area contributed by atoms with E-state index in [0.717, 1.165) is 19.1 Å². The molecular formula is C8H12O4S. The molecule has 1 aliphatic heterocycles. The second kappa shape index (κ2) is 2.54. The van der Waals surface area contributed by atoms with Gasteiger partial charge in [-0.15, -0.1) is 0 Å². The highest BCUT2D eigenvalue weighted by molar-refractivity contribution is 7.91. The predicted molar refractivity (Wildman–Crippen MR) is 45.9 cm³/mol. The van der Waals surface area contributed by atoms with Crippen molar-refractivity contribution in [1.29, 1.82) is 0 Å². The van der Waals surface area contributed by atoms with Crippen molar-refractivity contribution in [3.8, 4) is 0 Å². The lowest BCUT2D eigenvalue weighted by Gasteiger charge is -2.18. The van der Waals surface area contributed by atoms with Crippen LogP contribution in [0.25, 0.3) is 0 Å². The fourth-order valence-electron chi connectivity index (χ4n) is 2.10. The summed E-state index contributed by atoms with van der Waals surface area (Å²) in [5, 5.41) is 9.49. The Morgan fingerprint density at radius 1 is 1.31 bits per heavy atom. The zero-order valence-electron chi connectivity index (χ0n) is 7.14. The first-order chi connectivity index (χ1) is 5.99. The minimum atomic E-state index is -3.11. The quantitative estimate of drug-likeness (QED) is 0.608. The normalized spacial score (nSPS) is 40.1. The van der Waals surface area contributed by atoms with Gasteiger partial charge in [0.05, 0.1) is 17.6 Å². The molecule has 1 aliphatic carbocycles. The monoisotopic (exact) mass is 204 g/mol. The van der Waals surface area contributed by atoms with Crippen molar-refractivity contribution in [2.24, 2.45) is 11.3 Å². The molecule has 2 unspecified atom stereocenters. The molecule has 1 heterocycles. The van der Waals surface area contributed by atoms with Gasteiger partial charge in [-0.2, -0.15) is 0 Å². The van der Waals surface area contributed by atoms with Gasteiger partial charge in [-0.1, -0.05) is 0 Å². The van der Waals surface area contributed by atoms with E-state index in [4.69, 9.17) is 0 Å². The molecule has 4 nitrogen and oxygen atoms in total. The van der Waals surface area contributed by atoms with Crippen molar-refractivity contribution in [1.82, 2.24) is 0 Å². The van der Waals surface area contributed by atoms with E-state index in [1.54, 1.807) is 0 Å². The maximum absolute atomic E-state index is 11.2. The average molecular weight is 204 g/mol. The number of hydrogen-bond acceptors (Lipinski definition) is 4. The van der Waals surface area contributed by atoms with Crippen molar-refractivity contribution in [2.75, 3.05) is 11.5 Å². The summed E-state index contributed by atoms with van der Waals surface area (Å²) in [4.78, 5) is 10.7. The van der Waals surface area contributed by atoms with Crippen molar-refractivity contribution in [2.45, 2.75) is 18.9 Å². The van der Waals surface area contributed by atoms with E-state index in [0.29, 0.717) is 0 Å². The largest absolute Gasteiger partial charge is 0.392 e. The molecule has 1 saturated heterocycles. The van der Waals surface area contributed by atoms with E-state index in [1.165, 1.54) is 0 Å². The van der Waals surface area contributed by atoms with Gasteiger partial charge in [0.15, 0.2) is 9.84 Å². The molecule has 2 atom stereocenters. The topological polar surface area (TPSA) is 71.4 Å². The second-order valence-corrected chi connectivity index (χ2v) is 6.26. The molecule has 0 amide bonds. The first kappa shape index (κ1) is 9.15. The predicted octanol–water partition coefficient (Wildman–Crippen LogP) is -0.629. The fraction of sp³-hybridized carbons (Fsp3) is 0.875. The first-order valence-electron chi connectivity index (χ1n) is 4.34. The van der Waals surface area contributed by atoms with Crippen LogP contribution in [-0.4, -0.2) is 37.4 Å². The minimum Gasteiger partial charge on any atom is -0.392 e. The van der Waals surface area contributed by atoms with Crippen LogP contribution in [0.3, 0.4) is 0 Å². The van der Waals surface area contributed by atoms with E-state index in [-0.39, 0.29) is 17.4 Å². The molecule has 0 bridgehead atoms. The van der Waals surface area contributed by atoms with Crippen LogP contribution in [0.1, 0.15) is 12.8 Å². The first-order valence-corrected chi connectivity index (χ1v) is 6.16. The summed E-state index contributed by atoms with van der Waals surface area (Å²) in [6.07, 6.45) is 1.45. The molecule has 0 aromatic rings. The van der Waals surface area contributed by atoms with Crippen LogP contribution in [0, 0.1) is 11.3 Å². The van der Waals surface area contributed by atoms with Gasteiger partial charge in [0.25, 0.3) is 0 Å². The van der Waals surface area contributed by atoms with Gasteiger partial charge in [-0.05, 0) is 12.8 Å². The van der Waals surface area contributed by atoms with Crippen molar-refractivity contribution in [3.05, 3.63) is 0 Å². The third kappa shape index (κ3) is 1.40. The number of sulfone groups is 1. The zero-order valence-corrected chi connectivity index (χ0v) is 7.96. The third-order valence-electron chi connectivity index (χ3n) is 3.12. The summed E-state index contributed by atoms with van der Waals surface area (Å²) in [7, 11) is -3.11. The molecule has 74 valence electrons. The van der Waals surface area contributed by atoms with E-state index in [9.17, 15) is 18.3 Å². The number of hydrogen-bond donors (Lipinski definition) is 1. The summed E-state index contributed by atoms with van der Waals surface area (Å²) < 4.78 is 22.3. The van der Waals surface area contributed by atoms with Gasteiger partial charge in [0, 0.05) is 11.3 Å². The lowest BCUT2D eigenvalue weighted by molar-refractivity contribution is -0.114. The number of carbonyl (C=O) groups is 1. The Hall–Kier alpha value is -0.420. The molecular weight excluding hydrogens is 192 g/mol. The van der Waals surface area contributed by atoms with Gasteiger partial charge in [0.1, 0.15) is 6.29 Å². The molecule has 2 rings (SSSR count). The molecule has 1 saturated carbocycles. The SMILES string of the molecule is O=CC1(C2CS(=O)(=O)CC2O)CC1. The summed E-state index contributed by atoms with van der Waals surface area (Å²) in [5.74, 6) is -0.546.